The van der Waals surface area contributed by atoms with Crippen molar-refractivity contribution in [3.8, 4) is 11.5 Å². The molecule has 0 bridgehead atoms. The maximum absolute atomic E-state index is 13.4. The van der Waals surface area contributed by atoms with E-state index < -0.39 is 22.1 Å². The average molecular weight is 474 g/mol. The number of methoxy groups -OCH3 is 1. The molecule has 0 heterocycles. The molecule has 0 aliphatic carbocycles. The van der Waals surface area contributed by atoms with Crippen LogP contribution in [0, 0.1) is 0 Å². The van der Waals surface area contributed by atoms with Crippen molar-refractivity contribution < 1.29 is 26.7 Å². The van der Waals surface area contributed by atoms with Gasteiger partial charge in [0.05, 0.1) is 17.7 Å². The number of benzene rings is 3. The Morgan fingerprint density at radius 2 is 1.55 bits per heavy atom. The maximum atomic E-state index is 13.4. The molecular weight excluding hydrogens is 448 g/mol. The molecule has 33 heavy (non-hydrogen) atoms. The van der Waals surface area contributed by atoms with Crippen molar-refractivity contribution in [1.82, 2.24) is 4.72 Å². The first-order valence-corrected chi connectivity index (χ1v) is 11.8. The molecule has 0 aromatic heterocycles. The van der Waals surface area contributed by atoms with Crippen molar-refractivity contribution in [1.29, 1.82) is 0 Å². The molecule has 0 fully saturated rings. The number of hydrogen-bond acceptors (Lipinski definition) is 4. The second kappa shape index (κ2) is 11.5. The van der Waals surface area contributed by atoms with Crippen LogP contribution in [0.25, 0.3) is 0 Å². The van der Waals surface area contributed by atoms with Gasteiger partial charge in [-0.25, -0.2) is 17.2 Å². The summed E-state index contributed by atoms with van der Waals surface area (Å²) in [4.78, 5) is -0.124. The van der Waals surface area contributed by atoms with Gasteiger partial charge in [0.25, 0.3) is 16.4 Å². The molecule has 3 rings (SSSR count). The molecule has 0 spiro atoms. The van der Waals surface area contributed by atoms with E-state index in [1.54, 1.807) is 0 Å². The van der Waals surface area contributed by atoms with Crippen LogP contribution in [-0.4, -0.2) is 22.0 Å². The van der Waals surface area contributed by atoms with Crippen molar-refractivity contribution in [3.63, 3.8) is 0 Å². The SMILES string of the molecule is COc1ccc(S(=O)(=O)N/C(=C\CCc2ccc(OCc3ccccc3)cc2)C(F)F)cc1. The number of sulfonamides is 1. The van der Waals surface area contributed by atoms with Crippen molar-refractivity contribution in [2.75, 3.05) is 7.11 Å². The van der Waals surface area contributed by atoms with Gasteiger partial charge in [-0.1, -0.05) is 48.5 Å². The third-order valence-corrected chi connectivity index (χ3v) is 6.22. The standard InChI is InChI=1S/C25H25F2NO4S/c1-31-21-14-16-23(17-15-21)33(29,30)28-24(25(26)27)9-5-8-19-10-12-22(13-11-19)32-18-20-6-3-2-4-7-20/h2-4,6-7,9-17,25,28H,5,8,18H2,1H3/b24-9-. The molecule has 0 saturated heterocycles. The molecule has 5 nitrogen and oxygen atoms in total. The zero-order chi connectivity index (χ0) is 23.7. The molecule has 0 radical (unpaired) electrons. The molecular formula is C25H25F2NO4S. The number of rotatable bonds is 11. The van der Waals surface area contributed by atoms with E-state index in [0.717, 1.165) is 11.1 Å². The molecule has 0 amide bonds. The molecule has 0 atom stereocenters. The van der Waals surface area contributed by atoms with Crippen LogP contribution >= 0.6 is 0 Å². The Morgan fingerprint density at radius 3 is 2.15 bits per heavy atom. The number of halogens is 2. The predicted octanol–water partition coefficient (Wildman–Crippen LogP) is 5.33. The summed E-state index contributed by atoms with van der Waals surface area (Å²) in [6.07, 6.45) is -1.02. The lowest BCUT2D eigenvalue weighted by Crippen LogP contribution is -2.26. The van der Waals surface area contributed by atoms with Crippen LogP contribution in [0.3, 0.4) is 0 Å². The van der Waals surface area contributed by atoms with Gasteiger partial charge in [-0.05, 0) is 60.4 Å². The minimum absolute atomic E-state index is 0.124. The first-order chi connectivity index (χ1) is 15.9. The van der Waals surface area contributed by atoms with Crippen LogP contribution < -0.4 is 14.2 Å². The lowest BCUT2D eigenvalue weighted by molar-refractivity contribution is 0.184. The molecule has 0 aliphatic rings. The lowest BCUT2D eigenvalue weighted by atomic mass is 10.1. The number of hydrogen-bond donors (Lipinski definition) is 1. The number of alkyl halides is 2. The number of aryl methyl sites for hydroxylation is 1. The number of ether oxygens (including phenoxy) is 2. The summed E-state index contributed by atoms with van der Waals surface area (Å²) < 4.78 is 64.5. The Morgan fingerprint density at radius 1 is 0.909 bits per heavy atom. The molecule has 0 saturated carbocycles. The van der Waals surface area contributed by atoms with Crippen LogP contribution in [0.5, 0.6) is 11.5 Å². The van der Waals surface area contributed by atoms with E-state index in [1.807, 2.05) is 59.3 Å². The van der Waals surface area contributed by atoms with Crippen LogP contribution in [0.2, 0.25) is 0 Å². The first-order valence-electron chi connectivity index (χ1n) is 10.3. The third kappa shape index (κ3) is 7.32. The highest BCUT2D eigenvalue weighted by Gasteiger charge is 2.20. The lowest BCUT2D eigenvalue weighted by Gasteiger charge is -2.12. The summed E-state index contributed by atoms with van der Waals surface area (Å²) in [6, 6.07) is 22.6. The van der Waals surface area contributed by atoms with Crippen molar-refractivity contribution >= 4 is 10.0 Å². The summed E-state index contributed by atoms with van der Waals surface area (Å²) >= 11 is 0. The molecule has 8 heteroatoms. The van der Waals surface area contributed by atoms with Crippen LogP contribution in [0.15, 0.2) is 95.5 Å². The zero-order valence-corrected chi connectivity index (χ0v) is 18.9. The number of nitrogens with one attached hydrogen (secondary N) is 1. The first kappa shape index (κ1) is 24.3. The molecule has 3 aromatic carbocycles. The Kier molecular flexibility index (Phi) is 8.43. The Bertz CT molecular complexity index is 1150. The van der Waals surface area contributed by atoms with Crippen molar-refractivity contribution in [2.45, 2.75) is 30.8 Å². The minimum atomic E-state index is -4.13. The maximum Gasteiger partial charge on any atom is 0.278 e. The van der Waals surface area contributed by atoms with Gasteiger partial charge in [0.1, 0.15) is 18.1 Å². The quantitative estimate of drug-likeness (QED) is 0.409. The van der Waals surface area contributed by atoms with Gasteiger partial charge in [0.2, 0.25) is 0 Å². The summed E-state index contributed by atoms with van der Waals surface area (Å²) in [5.74, 6) is 1.17. The van der Waals surface area contributed by atoms with Gasteiger partial charge in [-0.15, -0.1) is 0 Å². The monoisotopic (exact) mass is 473 g/mol. The predicted molar refractivity (Wildman–Crippen MR) is 123 cm³/mol. The van der Waals surface area contributed by atoms with E-state index in [9.17, 15) is 17.2 Å². The van der Waals surface area contributed by atoms with Crippen LogP contribution in [0.1, 0.15) is 17.5 Å². The second-order valence-electron chi connectivity index (χ2n) is 7.20. The Labute approximate surface area is 192 Å². The van der Waals surface area contributed by atoms with E-state index in [0.29, 0.717) is 24.5 Å². The van der Waals surface area contributed by atoms with Gasteiger partial charge >= 0.3 is 0 Å². The summed E-state index contributed by atoms with van der Waals surface area (Å²) in [6.45, 7) is 0.453. The van der Waals surface area contributed by atoms with Gasteiger partial charge in [0, 0.05) is 0 Å². The van der Waals surface area contributed by atoms with E-state index >= 15 is 0 Å². The van der Waals surface area contributed by atoms with E-state index in [4.69, 9.17) is 9.47 Å². The molecule has 174 valence electrons. The topological polar surface area (TPSA) is 64.6 Å². The molecule has 1 N–H and O–H groups in total. The highest BCUT2D eigenvalue weighted by atomic mass is 32.2. The van der Waals surface area contributed by atoms with Crippen LogP contribution in [-0.2, 0) is 23.1 Å². The van der Waals surface area contributed by atoms with E-state index in [2.05, 4.69) is 0 Å². The van der Waals surface area contributed by atoms with Gasteiger partial charge in [0.15, 0.2) is 0 Å². The Hall–Kier alpha value is -3.39. The average Bonchev–Trinajstić information content (AvgIpc) is 2.83. The van der Waals surface area contributed by atoms with Gasteiger partial charge in [-0.2, -0.15) is 0 Å². The minimum Gasteiger partial charge on any atom is -0.497 e. The van der Waals surface area contributed by atoms with Crippen LogP contribution in [0.4, 0.5) is 8.78 Å². The largest absolute Gasteiger partial charge is 0.497 e. The van der Waals surface area contributed by atoms with Gasteiger partial charge in [-0.3, -0.25) is 4.72 Å². The van der Waals surface area contributed by atoms with Gasteiger partial charge < -0.3 is 9.47 Å². The summed E-state index contributed by atoms with van der Waals surface area (Å²) in [7, 11) is -2.68. The summed E-state index contributed by atoms with van der Waals surface area (Å²) in [5, 5.41) is 0. The summed E-state index contributed by atoms with van der Waals surface area (Å²) in [5.41, 5.74) is 1.34. The fourth-order valence-electron chi connectivity index (χ4n) is 3.03. The fourth-order valence-corrected chi connectivity index (χ4v) is 4.13. The second-order valence-corrected chi connectivity index (χ2v) is 8.88. The highest BCUT2D eigenvalue weighted by molar-refractivity contribution is 7.89. The van der Waals surface area contributed by atoms with Crippen molar-refractivity contribution in [2.24, 2.45) is 0 Å². The normalized spacial score (nSPS) is 11.9. The molecule has 0 unspecified atom stereocenters. The fraction of sp³-hybridized carbons (Fsp3) is 0.200. The zero-order valence-electron chi connectivity index (χ0n) is 18.1. The number of allylic oxidation sites excluding steroid dienone is 2. The highest BCUT2D eigenvalue weighted by Crippen LogP contribution is 2.19. The third-order valence-electron chi connectivity index (χ3n) is 4.83. The molecule has 3 aromatic rings. The smallest absolute Gasteiger partial charge is 0.278 e. The van der Waals surface area contributed by atoms with E-state index in [1.165, 1.54) is 37.5 Å². The van der Waals surface area contributed by atoms with Crippen molar-refractivity contribution in [3.05, 3.63) is 102 Å². The molecule has 0 aliphatic heterocycles. The Balaban J connectivity index is 1.57. The van der Waals surface area contributed by atoms with E-state index in [-0.39, 0.29) is 11.3 Å².